The summed E-state index contributed by atoms with van der Waals surface area (Å²) in [6, 6.07) is 4.04. The molecule has 0 amide bonds. The van der Waals surface area contributed by atoms with Crippen LogP contribution >= 0.6 is 0 Å². The van der Waals surface area contributed by atoms with Crippen LogP contribution in [-0.2, 0) is 9.53 Å². The Balaban J connectivity index is 2.88. The molecule has 0 saturated heterocycles. The summed E-state index contributed by atoms with van der Waals surface area (Å²) in [5.41, 5.74) is 0. The van der Waals surface area contributed by atoms with E-state index in [0.717, 1.165) is 6.07 Å². The molecule has 0 aliphatic heterocycles. The number of benzene rings is 1. The van der Waals surface area contributed by atoms with Crippen LogP contribution in [0, 0.1) is 5.82 Å². The van der Waals surface area contributed by atoms with Crippen LogP contribution in [0.2, 0.25) is 0 Å². The summed E-state index contributed by atoms with van der Waals surface area (Å²) in [7, 11) is 2.61. The van der Waals surface area contributed by atoms with Gasteiger partial charge in [-0.3, -0.25) is 0 Å². The van der Waals surface area contributed by atoms with Gasteiger partial charge in [-0.15, -0.1) is 0 Å². The number of ether oxygens (including phenoxy) is 3. The van der Waals surface area contributed by atoms with E-state index in [-0.39, 0.29) is 17.3 Å². The van der Waals surface area contributed by atoms with Gasteiger partial charge in [0.05, 0.1) is 14.2 Å². The van der Waals surface area contributed by atoms with Gasteiger partial charge in [0.2, 0.25) is 5.76 Å². The molecule has 1 aromatic carbocycles. The fraction of sp³-hybridized carbons (Fsp3) is 0.250. The highest BCUT2D eigenvalue weighted by Crippen LogP contribution is 2.23. The summed E-state index contributed by atoms with van der Waals surface area (Å²) in [5.74, 6) is -0.884. The lowest BCUT2D eigenvalue weighted by Gasteiger charge is -2.08. The van der Waals surface area contributed by atoms with Crippen LogP contribution in [0.1, 0.15) is 6.92 Å². The van der Waals surface area contributed by atoms with Crippen molar-refractivity contribution < 1.29 is 23.4 Å². The number of hydrogen-bond acceptors (Lipinski definition) is 4. The molecule has 0 bridgehead atoms. The van der Waals surface area contributed by atoms with Crippen LogP contribution in [0.25, 0.3) is 0 Å². The average molecular weight is 240 g/mol. The Hall–Kier alpha value is -2.04. The highest BCUT2D eigenvalue weighted by molar-refractivity contribution is 5.86. The van der Waals surface area contributed by atoms with Crippen molar-refractivity contribution in [2.75, 3.05) is 14.2 Å². The summed E-state index contributed by atoms with van der Waals surface area (Å²) < 4.78 is 27.8. The number of hydrogen-bond donors (Lipinski definition) is 0. The fourth-order valence-electron chi connectivity index (χ4n) is 1.16. The average Bonchev–Trinajstić information content (AvgIpc) is 2.35. The van der Waals surface area contributed by atoms with E-state index in [1.165, 1.54) is 32.4 Å². The molecule has 5 heteroatoms. The molecule has 1 aromatic rings. The van der Waals surface area contributed by atoms with Crippen molar-refractivity contribution in [3.8, 4) is 11.5 Å². The first kappa shape index (κ1) is 13.0. The van der Waals surface area contributed by atoms with Crippen molar-refractivity contribution in [3.05, 3.63) is 35.9 Å². The Kier molecular flexibility index (Phi) is 4.51. The minimum Gasteiger partial charge on any atom is -0.494 e. The molecule has 0 unspecified atom stereocenters. The third-order valence-corrected chi connectivity index (χ3v) is 2.00. The Bertz CT molecular complexity index is 440. The lowest BCUT2D eigenvalue weighted by atomic mass is 10.3. The molecule has 0 saturated carbocycles. The van der Waals surface area contributed by atoms with Gasteiger partial charge in [0.25, 0.3) is 0 Å². The second-order valence-electron chi connectivity index (χ2n) is 3.04. The van der Waals surface area contributed by atoms with Gasteiger partial charge in [-0.05, 0) is 25.1 Å². The Labute approximate surface area is 98.6 Å². The highest BCUT2D eigenvalue weighted by atomic mass is 19.1. The van der Waals surface area contributed by atoms with Gasteiger partial charge < -0.3 is 14.2 Å². The van der Waals surface area contributed by atoms with Gasteiger partial charge >= 0.3 is 5.97 Å². The minimum absolute atomic E-state index is 0.00272. The Morgan fingerprint density at radius 1 is 1.35 bits per heavy atom. The largest absolute Gasteiger partial charge is 0.494 e. The van der Waals surface area contributed by atoms with Crippen LogP contribution in [0.5, 0.6) is 11.5 Å². The van der Waals surface area contributed by atoms with E-state index in [9.17, 15) is 9.18 Å². The van der Waals surface area contributed by atoms with Crippen molar-refractivity contribution in [2.24, 2.45) is 0 Å². The van der Waals surface area contributed by atoms with Gasteiger partial charge in [-0.1, -0.05) is 0 Å². The van der Waals surface area contributed by atoms with Crippen LogP contribution in [-0.4, -0.2) is 20.2 Å². The molecular weight excluding hydrogens is 227 g/mol. The monoisotopic (exact) mass is 240 g/mol. The second-order valence-corrected chi connectivity index (χ2v) is 3.04. The topological polar surface area (TPSA) is 44.8 Å². The van der Waals surface area contributed by atoms with Crippen molar-refractivity contribution in [3.63, 3.8) is 0 Å². The Morgan fingerprint density at radius 3 is 2.53 bits per heavy atom. The number of methoxy groups -OCH3 is 2. The molecule has 0 aliphatic carbocycles. The van der Waals surface area contributed by atoms with E-state index >= 15 is 0 Å². The highest BCUT2D eigenvalue weighted by Gasteiger charge is 2.12. The third kappa shape index (κ3) is 3.21. The maximum atomic E-state index is 13.3. The van der Waals surface area contributed by atoms with E-state index in [4.69, 9.17) is 9.47 Å². The molecule has 0 heterocycles. The molecule has 4 nitrogen and oxygen atoms in total. The van der Waals surface area contributed by atoms with Crippen molar-refractivity contribution >= 4 is 5.97 Å². The smallest absolute Gasteiger partial charge is 0.373 e. The molecule has 0 fully saturated rings. The molecule has 0 N–H and O–H groups in total. The van der Waals surface area contributed by atoms with Gasteiger partial charge in [0.15, 0.2) is 11.6 Å². The van der Waals surface area contributed by atoms with Crippen molar-refractivity contribution in [1.29, 1.82) is 0 Å². The maximum Gasteiger partial charge on any atom is 0.373 e. The first-order chi connectivity index (χ1) is 8.12. The van der Waals surface area contributed by atoms with E-state index < -0.39 is 11.8 Å². The molecule has 92 valence electrons. The van der Waals surface area contributed by atoms with Gasteiger partial charge in [0.1, 0.15) is 5.75 Å². The van der Waals surface area contributed by atoms with Gasteiger partial charge in [-0.2, -0.15) is 0 Å². The van der Waals surface area contributed by atoms with E-state index in [2.05, 4.69) is 4.74 Å². The number of allylic oxidation sites excluding steroid dienone is 1. The zero-order chi connectivity index (χ0) is 12.8. The summed E-state index contributed by atoms with van der Waals surface area (Å²) in [6.45, 7) is 1.62. The molecule has 1 rings (SSSR count). The van der Waals surface area contributed by atoms with Gasteiger partial charge in [0, 0.05) is 6.07 Å². The zero-order valence-corrected chi connectivity index (χ0v) is 9.82. The lowest BCUT2D eigenvalue weighted by molar-refractivity contribution is -0.138. The first-order valence-electron chi connectivity index (χ1n) is 4.88. The number of rotatable bonds is 4. The first-order valence-corrected chi connectivity index (χ1v) is 4.88. The number of esters is 1. The quantitative estimate of drug-likeness (QED) is 0.460. The van der Waals surface area contributed by atoms with Crippen LogP contribution < -0.4 is 9.47 Å². The van der Waals surface area contributed by atoms with E-state index in [0.29, 0.717) is 0 Å². The predicted octanol–water partition coefficient (Wildman–Crippen LogP) is 2.29. The molecular formula is C12H13FO4. The van der Waals surface area contributed by atoms with Crippen molar-refractivity contribution in [2.45, 2.75) is 6.92 Å². The molecule has 0 radical (unpaired) electrons. The predicted molar refractivity (Wildman–Crippen MR) is 59.4 cm³/mol. The van der Waals surface area contributed by atoms with Crippen molar-refractivity contribution in [1.82, 2.24) is 0 Å². The molecule has 0 aromatic heterocycles. The summed E-state index contributed by atoms with van der Waals surface area (Å²) in [5, 5.41) is 0. The molecule has 0 atom stereocenters. The SMILES string of the molecule is C/C=C(\Oc1ccc(OC)c(F)c1)C(=O)OC. The lowest BCUT2D eigenvalue weighted by Crippen LogP contribution is -2.10. The molecule has 0 aliphatic rings. The second kappa shape index (κ2) is 5.89. The standard InChI is InChI=1S/C12H13FO4/c1-4-10(12(14)16-3)17-8-5-6-11(15-2)9(13)7-8/h4-7H,1-3H3/b10-4-. The fourth-order valence-corrected chi connectivity index (χ4v) is 1.16. The van der Waals surface area contributed by atoms with E-state index in [1.807, 2.05) is 0 Å². The molecule has 0 spiro atoms. The third-order valence-electron chi connectivity index (χ3n) is 2.00. The zero-order valence-electron chi connectivity index (χ0n) is 9.82. The summed E-state index contributed by atoms with van der Waals surface area (Å²) in [6.07, 6.45) is 1.44. The summed E-state index contributed by atoms with van der Waals surface area (Å²) >= 11 is 0. The Morgan fingerprint density at radius 2 is 2.06 bits per heavy atom. The van der Waals surface area contributed by atoms with Crippen LogP contribution in [0.4, 0.5) is 4.39 Å². The van der Waals surface area contributed by atoms with Crippen LogP contribution in [0.15, 0.2) is 30.0 Å². The number of carbonyl (C=O) groups is 1. The summed E-state index contributed by atoms with van der Waals surface area (Å²) in [4.78, 5) is 11.2. The molecule has 17 heavy (non-hydrogen) atoms. The number of halogens is 1. The maximum absolute atomic E-state index is 13.3. The van der Waals surface area contributed by atoms with E-state index in [1.54, 1.807) is 6.92 Å². The number of carbonyl (C=O) groups excluding carboxylic acids is 1. The normalized spacial score (nSPS) is 10.9. The minimum atomic E-state index is -0.622. The van der Waals surface area contributed by atoms with Gasteiger partial charge in [-0.25, -0.2) is 9.18 Å². The van der Waals surface area contributed by atoms with Crippen LogP contribution in [0.3, 0.4) is 0 Å².